The molecule has 0 aliphatic rings. The number of aromatic nitrogens is 2. The first-order valence-corrected chi connectivity index (χ1v) is 9.25. The molecule has 1 amide bonds. The molecule has 0 unspecified atom stereocenters. The number of nitrogens with zero attached hydrogens (tertiary/aromatic N) is 3. The van der Waals surface area contributed by atoms with Gasteiger partial charge in [-0.3, -0.25) is 14.2 Å². The van der Waals surface area contributed by atoms with Gasteiger partial charge in [0.15, 0.2) is 0 Å². The Kier molecular flexibility index (Phi) is 5.29. The van der Waals surface area contributed by atoms with Gasteiger partial charge < -0.3 is 4.90 Å². The molecule has 3 aromatic rings. The van der Waals surface area contributed by atoms with Crippen molar-refractivity contribution in [3.8, 4) is 0 Å². The topological polar surface area (TPSA) is 55.2 Å². The van der Waals surface area contributed by atoms with Crippen LogP contribution in [-0.4, -0.2) is 26.9 Å². The number of carbonyl (C=O) groups is 1. The smallest absolute Gasteiger partial charge is 0.261 e. The molecule has 25 heavy (non-hydrogen) atoms. The average molecular weight is 424 g/mol. The summed E-state index contributed by atoms with van der Waals surface area (Å²) in [5, 5.41) is 0.293. The van der Waals surface area contributed by atoms with Crippen LogP contribution < -0.4 is 5.56 Å². The van der Waals surface area contributed by atoms with E-state index in [-0.39, 0.29) is 23.5 Å². The fourth-order valence-corrected chi connectivity index (χ4v) is 3.99. The average Bonchev–Trinajstić information content (AvgIpc) is 3.00. The Morgan fingerprint density at radius 2 is 2.16 bits per heavy atom. The van der Waals surface area contributed by atoms with Crippen LogP contribution in [0.2, 0.25) is 0 Å². The zero-order chi connectivity index (χ0) is 18.0. The molecule has 1 aromatic carbocycles. The van der Waals surface area contributed by atoms with E-state index in [0.29, 0.717) is 18.5 Å². The minimum atomic E-state index is -0.451. The number of benzene rings is 1. The van der Waals surface area contributed by atoms with Crippen LogP contribution in [0.25, 0.3) is 10.9 Å². The van der Waals surface area contributed by atoms with Crippen LogP contribution in [0.3, 0.4) is 0 Å². The number of hydrogen-bond acceptors (Lipinski definition) is 4. The third-order valence-corrected chi connectivity index (χ3v) is 5.41. The van der Waals surface area contributed by atoms with Crippen LogP contribution in [0.4, 0.5) is 4.39 Å². The van der Waals surface area contributed by atoms with Crippen LogP contribution in [0.15, 0.2) is 45.2 Å². The number of halogens is 2. The predicted octanol–water partition coefficient (Wildman–Crippen LogP) is 3.41. The summed E-state index contributed by atoms with van der Waals surface area (Å²) in [6.45, 7) is 2.83. The molecule has 0 radical (unpaired) electrons. The summed E-state index contributed by atoms with van der Waals surface area (Å²) in [5.41, 5.74) is -0.0715. The second-order valence-electron chi connectivity index (χ2n) is 5.45. The predicted molar refractivity (Wildman–Crippen MR) is 99.1 cm³/mol. The minimum Gasteiger partial charge on any atom is -0.336 e. The van der Waals surface area contributed by atoms with E-state index in [0.717, 1.165) is 8.66 Å². The largest absolute Gasteiger partial charge is 0.336 e. The zero-order valence-corrected chi connectivity index (χ0v) is 15.8. The number of carbonyl (C=O) groups excluding carboxylic acids is 1. The number of thiophene rings is 1. The second kappa shape index (κ2) is 7.45. The van der Waals surface area contributed by atoms with E-state index in [9.17, 15) is 14.0 Å². The molecule has 0 N–H and O–H groups in total. The normalized spacial score (nSPS) is 11.0. The Bertz CT molecular complexity index is 985. The molecule has 0 saturated carbocycles. The van der Waals surface area contributed by atoms with E-state index in [1.54, 1.807) is 16.2 Å². The quantitative estimate of drug-likeness (QED) is 0.631. The lowest BCUT2D eigenvalue weighted by Crippen LogP contribution is -2.36. The molecule has 8 heteroatoms. The number of rotatable bonds is 5. The van der Waals surface area contributed by atoms with Crippen molar-refractivity contribution >= 4 is 44.1 Å². The summed E-state index contributed by atoms with van der Waals surface area (Å²) in [6.07, 6.45) is 1.29. The minimum absolute atomic E-state index is 0.0977. The lowest BCUT2D eigenvalue weighted by atomic mass is 10.2. The standard InChI is InChI=1S/C17H15BrFN3O2S/c1-2-21(8-12-4-6-15(18)25-12)16(23)9-22-10-20-14-7-11(19)3-5-13(14)17(22)24/h3-7,10H,2,8-9H2,1H3. The van der Waals surface area contributed by atoms with Crippen molar-refractivity contribution in [3.05, 3.63) is 61.5 Å². The molecular weight excluding hydrogens is 409 g/mol. The van der Waals surface area contributed by atoms with Gasteiger partial charge in [-0.25, -0.2) is 9.37 Å². The number of likely N-dealkylation sites (N-methyl/N-ethyl adjacent to an activating group) is 1. The van der Waals surface area contributed by atoms with Crippen molar-refractivity contribution < 1.29 is 9.18 Å². The van der Waals surface area contributed by atoms with Gasteiger partial charge >= 0.3 is 0 Å². The van der Waals surface area contributed by atoms with E-state index in [4.69, 9.17) is 0 Å². The summed E-state index contributed by atoms with van der Waals surface area (Å²) < 4.78 is 15.5. The lowest BCUT2D eigenvalue weighted by Gasteiger charge is -2.20. The van der Waals surface area contributed by atoms with E-state index in [2.05, 4.69) is 20.9 Å². The monoisotopic (exact) mass is 423 g/mol. The van der Waals surface area contributed by atoms with E-state index in [1.165, 1.54) is 29.1 Å². The van der Waals surface area contributed by atoms with Gasteiger partial charge in [-0.15, -0.1) is 11.3 Å². The maximum atomic E-state index is 13.2. The molecule has 0 aliphatic heterocycles. The van der Waals surface area contributed by atoms with Crippen LogP contribution in [0, 0.1) is 5.82 Å². The molecule has 130 valence electrons. The number of fused-ring (bicyclic) bond motifs is 1. The summed E-state index contributed by atoms with van der Waals surface area (Å²) in [5.74, 6) is -0.620. The highest BCUT2D eigenvalue weighted by atomic mass is 79.9. The number of amides is 1. The first-order chi connectivity index (χ1) is 12.0. The van der Waals surface area contributed by atoms with Gasteiger partial charge in [0.25, 0.3) is 5.56 Å². The van der Waals surface area contributed by atoms with E-state index in [1.807, 2.05) is 19.1 Å². The fourth-order valence-electron chi connectivity index (χ4n) is 2.49. The van der Waals surface area contributed by atoms with Gasteiger partial charge in [0.2, 0.25) is 5.91 Å². The van der Waals surface area contributed by atoms with Crippen molar-refractivity contribution in [3.63, 3.8) is 0 Å². The van der Waals surface area contributed by atoms with Crippen molar-refractivity contribution in [1.29, 1.82) is 0 Å². The Labute approximate surface area is 155 Å². The zero-order valence-electron chi connectivity index (χ0n) is 13.4. The van der Waals surface area contributed by atoms with Gasteiger partial charge in [0.1, 0.15) is 12.4 Å². The van der Waals surface area contributed by atoms with E-state index < -0.39 is 5.82 Å². The second-order valence-corrected chi connectivity index (χ2v) is 8.00. The molecular formula is C17H15BrFN3O2S. The van der Waals surface area contributed by atoms with Crippen molar-refractivity contribution in [1.82, 2.24) is 14.5 Å². The van der Waals surface area contributed by atoms with E-state index >= 15 is 0 Å². The summed E-state index contributed by atoms with van der Waals surface area (Å²) in [7, 11) is 0. The van der Waals surface area contributed by atoms with Crippen LogP contribution in [0.5, 0.6) is 0 Å². The molecule has 0 spiro atoms. The summed E-state index contributed by atoms with van der Waals surface area (Å²) >= 11 is 4.97. The molecule has 0 fully saturated rings. The molecule has 0 aliphatic carbocycles. The molecule has 0 bridgehead atoms. The highest BCUT2D eigenvalue weighted by molar-refractivity contribution is 9.11. The molecule has 2 aromatic heterocycles. The molecule has 2 heterocycles. The first-order valence-electron chi connectivity index (χ1n) is 7.64. The van der Waals surface area contributed by atoms with Crippen LogP contribution in [0.1, 0.15) is 11.8 Å². The van der Waals surface area contributed by atoms with Crippen LogP contribution in [-0.2, 0) is 17.9 Å². The van der Waals surface area contributed by atoms with Crippen molar-refractivity contribution in [2.24, 2.45) is 0 Å². The van der Waals surface area contributed by atoms with Crippen LogP contribution >= 0.6 is 27.3 Å². The first kappa shape index (κ1) is 17.8. The summed E-state index contributed by atoms with van der Waals surface area (Å²) in [4.78, 5) is 31.9. The third kappa shape index (κ3) is 3.96. The van der Waals surface area contributed by atoms with Crippen molar-refractivity contribution in [2.75, 3.05) is 6.54 Å². The fraction of sp³-hybridized carbons (Fsp3) is 0.235. The van der Waals surface area contributed by atoms with Crippen molar-refractivity contribution in [2.45, 2.75) is 20.0 Å². The highest BCUT2D eigenvalue weighted by Gasteiger charge is 2.15. The molecule has 0 saturated heterocycles. The Morgan fingerprint density at radius 3 is 2.84 bits per heavy atom. The Morgan fingerprint density at radius 1 is 1.36 bits per heavy atom. The van der Waals surface area contributed by atoms with Gasteiger partial charge in [0, 0.05) is 17.5 Å². The molecule has 0 atom stereocenters. The molecule has 5 nitrogen and oxygen atoms in total. The summed E-state index contributed by atoms with van der Waals surface area (Å²) in [6, 6.07) is 7.71. The maximum Gasteiger partial charge on any atom is 0.261 e. The SMILES string of the molecule is CCN(Cc1ccc(Br)s1)C(=O)Cn1cnc2cc(F)ccc2c1=O. The highest BCUT2D eigenvalue weighted by Crippen LogP contribution is 2.23. The maximum absolute atomic E-state index is 13.2. The van der Waals surface area contributed by atoms with Gasteiger partial charge in [-0.2, -0.15) is 0 Å². The van der Waals surface area contributed by atoms with Gasteiger partial charge in [-0.05, 0) is 47.1 Å². The van der Waals surface area contributed by atoms with Gasteiger partial charge in [-0.1, -0.05) is 0 Å². The number of hydrogen-bond donors (Lipinski definition) is 0. The third-order valence-electron chi connectivity index (χ3n) is 3.80. The Hall–Kier alpha value is -2.06. The van der Waals surface area contributed by atoms with Gasteiger partial charge in [0.05, 0.1) is 27.6 Å². The lowest BCUT2D eigenvalue weighted by molar-refractivity contribution is -0.132. The molecule has 3 rings (SSSR count). The Balaban J connectivity index is 1.81.